The molecule has 0 aromatic rings. The van der Waals surface area contributed by atoms with E-state index in [0.717, 1.165) is 64.2 Å². The number of carbonyl (C=O) groups excluding carboxylic acids is 1. The summed E-state index contributed by atoms with van der Waals surface area (Å²) in [5.74, 6) is -0.142. The summed E-state index contributed by atoms with van der Waals surface area (Å²) >= 11 is 0. The van der Waals surface area contributed by atoms with Crippen molar-refractivity contribution in [3.63, 3.8) is 0 Å². The number of aliphatic hydroxyl groups is 1. The van der Waals surface area contributed by atoms with Gasteiger partial charge in [-0.2, -0.15) is 0 Å². The van der Waals surface area contributed by atoms with Crippen molar-refractivity contribution in [3.05, 3.63) is 48.6 Å². The van der Waals surface area contributed by atoms with E-state index in [0.29, 0.717) is 23.9 Å². The fourth-order valence-corrected chi connectivity index (χ4v) is 9.31. The molecule has 3 unspecified atom stereocenters. The SMILES string of the molecule is CC/C=C\C/C=C\C/C=C\C/C=C\CCCCCCCCCCCCCCCCCCC(=O)NC(COP(=O)(O)OCC[N+](C)(C)C)C(O)CCCCCCCCCCCCCCCCCCC. The minimum atomic E-state index is -4.32. The fraction of sp³-hybridized carbons (Fsp3) is 0.847. The number of nitrogens with zero attached hydrogens (tertiary/aromatic N) is 1. The standard InChI is InChI=1S/C59H113N2O6P/c1-6-8-10-12-14-16-18-20-22-24-25-26-27-28-29-30-31-32-33-34-35-37-39-41-43-45-47-49-51-53-59(63)60-57(56-67-68(64,65)66-55-54-61(3,4)5)58(62)52-50-48-46-44-42-40-38-36-23-21-19-17-15-13-11-9-7-2/h8,10,14,16,20,22,25-26,57-58,62H,6-7,9,11-13,15,17-19,21,23-24,27-56H2,1-5H3,(H-,60,63,64,65)/p+1/b10-8-,16-14-,22-20-,26-25-. The van der Waals surface area contributed by atoms with Crippen molar-refractivity contribution in [2.75, 3.05) is 40.9 Å². The number of unbranched alkanes of at least 4 members (excludes halogenated alkanes) is 32. The number of hydrogen-bond acceptors (Lipinski definition) is 5. The van der Waals surface area contributed by atoms with Crippen molar-refractivity contribution in [3.8, 4) is 0 Å². The zero-order valence-electron chi connectivity index (χ0n) is 45.6. The van der Waals surface area contributed by atoms with Gasteiger partial charge in [-0.05, 0) is 51.4 Å². The Labute approximate surface area is 422 Å². The molecule has 1 amide bonds. The van der Waals surface area contributed by atoms with Gasteiger partial charge in [-0.15, -0.1) is 0 Å². The molecule has 0 radical (unpaired) electrons. The molecular weight excluding hydrogens is 864 g/mol. The van der Waals surface area contributed by atoms with E-state index in [1.807, 2.05) is 21.1 Å². The van der Waals surface area contributed by atoms with E-state index >= 15 is 0 Å². The number of quaternary nitrogens is 1. The summed E-state index contributed by atoms with van der Waals surface area (Å²) in [6, 6.07) is -0.761. The van der Waals surface area contributed by atoms with Gasteiger partial charge in [0.25, 0.3) is 0 Å². The summed E-state index contributed by atoms with van der Waals surface area (Å²) in [6.45, 7) is 4.80. The molecule has 0 aromatic carbocycles. The highest BCUT2D eigenvalue weighted by atomic mass is 31.2. The Hall–Kier alpha value is -1.54. The maximum absolute atomic E-state index is 13.0. The maximum Gasteiger partial charge on any atom is 0.472 e. The Morgan fingerprint density at radius 1 is 0.515 bits per heavy atom. The van der Waals surface area contributed by atoms with Crippen LogP contribution in [0.4, 0.5) is 0 Å². The molecule has 68 heavy (non-hydrogen) atoms. The zero-order chi connectivity index (χ0) is 49.9. The third kappa shape index (κ3) is 52.3. The molecule has 0 fully saturated rings. The van der Waals surface area contributed by atoms with Gasteiger partial charge in [0, 0.05) is 6.42 Å². The van der Waals surface area contributed by atoms with Crippen LogP contribution in [0.1, 0.15) is 271 Å². The fourth-order valence-electron chi connectivity index (χ4n) is 8.57. The molecule has 0 bridgehead atoms. The molecule has 0 aliphatic carbocycles. The van der Waals surface area contributed by atoms with Gasteiger partial charge in [-0.25, -0.2) is 4.57 Å². The molecule has 0 aliphatic heterocycles. The lowest BCUT2D eigenvalue weighted by atomic mass is 10.0. The molecule has 0 saturated heterocycles. The highest BCUT2D eigenvalue weighted by Crippen LogP contribution is 2.43. The van der Waals surface area contributed by atoms with E-state index in [1.54, 1.807) is 0 Å². The number of rotatable bonds is 53. The molecule has 0 spiro atoms. The minimum Gasteiger partial charge on any atom is -0.391 e. The Bertz CT molecular complexity index is 1250. The molecule has 8 nitrogen and oxygen atoms in total. The molecule has 3 atom stereocenters. The quantitative estimate of drug-likeness (QED) is 0.0243. The molecule has 9 heteroatoms. The summed E-state index contributed by atoms with van der Waals surface area (Å²) in [7, 11) is 1.62. The molecule has 0 heterocycles. The van der Waals surface area contributed by atoms with Crippen LogP contribution in [-0.4, -0.2) is 73.4 Å². The Morgan fingerprint density at radius 2 is 0.882 bits per heavy atom. The smallest absolute Gasteiger partial charge is 0.391 e. The molecule has 0 rings (SSSR count). The van der Waals surface area contributed by atoms with Crippen molar-refractivity contribution < 1.29 is 32.9 Å². The number of phosphoric ester groups is 1. The topological polar surface area (TPSA) is 105 Å². The lowest BCUT2D eigenvalue weighted by Gasteiger charge is -2.26. The largest absolute Gasteiger partial charge is 0.472 e. The van der Waals surface area contributed by atoms with Gasteiger partial charge in [0.15, 0.2) is 0 Å². The molecule has 3 N–H and O–H groups in total. The molecular formula is C59H114N2O6P+. The lowest BCUT2D eigenvalue weighted by Crippen LogP contribution is -2.46. The Morgan fingerprint density at radius 3 is 1.29 bits per heavy atom. The normalized spacial score (nSPS) is 14.3. The van der Waals surface area contributed by atoms with Crippen LogP contribution in [0.3, 0.4) is 0 Å². The third-order valence-electron chi connectivity index (χ3n) is 13.1. The van der Waals surface area contributed by atoms with Gasteiger partial charge < -0.3 is 19.8 Å². The van der Waals surface area contributed by atoms with Gasteiger partial charge in [0.05, 0.1) is 39.9 Å². The van der Waals surface area contributed by atoms with Crippen molar-refractivity contribution in [1.29, 1.82) is 0 Å². The second-order valence-corrected chi connectivity index (χ2v) is 22.4. The Kier molecular flexibility index (Phi) is 49.3. The molecule has 0 aromatic heterocycles. The summed E-state index contributed by atoms with van der Waals surface area (Å²) in [5.41, 5.74) is 0. The molecule has 0 saturated carbocycles. The maximum atomic E-state index is 13.0. The van der Waals surface area contributed by atoms with Crippen LogP contribution in [0.25, 0.3) is 0 Å². The summed E-state index contributed by atoms with van der Waals surface area (Å²) in [5, 5.41) is 14.1. The van der Waals surface area contributed by atoms with Gasteiger partial charge in [-0.3, -0.25) is 13.8 Å². The van der Waals surface area contributed by atoms with Gasteiger partial charge in [0.2, 0.25) is 5.91 Å². The second-order valence-electron chi connectivity index (χ2n) is 21.0. The zero-order valence-corrected chi connectivity index (χ0v) is 46.5. The predicted octanol–water partition coefficient (Wildman–Crippen LogP) is 17.5. The van der Waals surface area contributed by atoms with Gasteiger partial charge >= 0.3 is 7.82 Å². The van der Waals surface area contributed by atoms with E-state index in [-0.39, 0.29) is 19.1 Å². The number of hydrogen-bond donors (Lipinski definition) is 3. The van der Waals surface area contributed by atoms with Gasteiger partial charge in [-0.1, -0.05) is 262 Å². The average molecular weight is 979 g/mol. The number of likely N-dealkylation sites (N-methyl/N-ethyl adjacent to an activating group) is 1. The van der Waals surface area contributed by atoms with Crippen LogP contribution in [0, 0.1) is 0 Å². The van der Waals surface area contributed by atoms with Crippen molar-refractivity contribution in [2.24, 2.45) is 0 Å². The first-order chi connectivity index (χ1) is 33.0. The second kappa shape index (κ2) is 50.4. The number of aliphatic hydroxyl groups excluding tert-OH is 1. The first-order valence-corrected chi connectivity index (χ1v) is 30.5. The van der Waals surface area contributed by atoms with Crippen molar-refractivity contribution in [1.82, 2.24) is 5.32 Å². The lowest BCUT2D eigenvalue weighted by molar-refractivity contribution is -0.870. The summed E-state index contributed by atoms with van der Waals surface area (Å²) < 4.78 is 23.8. The third-order valence-corrected chi connectivity index (χ3v) is 14.1. The van der Waals surface area contributed by atoms with Crippen LogP contribution >= 0.6 is 7.82 Å². The van der Waals surface area contributed by atoms with Crippen molar-refractivity contribution in [2.45, 2.75) is 283 Å². The van der Waals surface area contributed by atoms with Crippen LogP contribution in [-0.2, 0) is 18.4 Å². The van der Waals surface area contributed by atoms with Crippen LogP contribution in [0.15, 0.2) is 48.6 Å². The van der Waals surface area contributed by atoms with Crippen LogP contribution < -0.4 is 5.32 Å². The monoisotopic (exact) mass is 978 g/mol. The number of carbonyl (C=O) groups is 1. The van der Waals surface area contributed by atoms with E-state index in [2.05, 4.69) is 67.8 Å². The summed E-state index contributed by atoms with van der Waals surface area (Å²) in [6.07, 6.45) is 65.9. The van der Waals surface area contributed by atoms with E-state index in [1.165, 1.54) is 180 Å². The highest BCUT2D eigenvalue weighted by Gasteiger charge is 2.28. The summed E-state index contributed by atoms with van der Waals surface area (Å²) in [4.78, 5) is 23.3. The first kappa shape index (κ1) is 66.5. The number of amides is 1. The van der Waals surface area contributed by atoms with Crippen LogP contribution in [0.2, 0.25) is 0 Å². The minimum absolute atomic E-state index is 0.0751. The first-order valence-electron chi connectivity index (χ1n) is 29.0. The number of allylic oxidation sites excluding steroid dienone is 8. The highest BCUT2D eigenvalue weighted by molar-refractivity contribution is 7.47. The number of nitrogens with one attached hydrogen (secondary N) is 1. The van der Waals surface area contributed by atoms with E-state index < -0.39 is 20.0 Å². The van der Waals surface area contributed by atoms with Crippen LogP contribution in [0.5, 0.6) is 0 Å². The number of phosphoric acid groups is 1. The van der Waals surface area contributed by atoms with E-state index in [9.17, 15) is 19.4 Å². The predicted molar refractivity (Wildman–Crippen MR) is 295 cm³/mol. The van der Waals surface area contributed by atoms with E-state index in [4.69, 9.17) is 9.05 Å². The average Bonchev–Trinajstić information content (AvgIpc) is 3.30. The van der Waals surface area contributed by atoms with Crippen molar-refractivity contribution >= 4 is 13.7 Å². The molecule has 400 valence electrons. The molecule has 0 aliphatic rings. The van der Waals surface area contributed by atoms with Gasteiger partial charge in [0.1, 0.15) is 13.2 Å². The Balaban J connectivity index is 4.09.